The third kappa shape index (κ3) is 5.63. The molecule has 0 fully saturated rings. The average molecular weight is 309 g/mol. The summed E-state index contributed by atoms with van der Waals surface area (Å²) in [5.74, 6) is 0.0478. The first-order valence-electron chi connectivity index (χ1n) is 7.05. The molecule has 0 aliphatic heterocycles. The van der Waals surface area contributed by atoms with Crippen molar-refractivity contribution in [2.45, 2.75) is 33.2 Å². The SMILES string of the molecule is CCOc1ccc(C(=O)OCC(=O)NC(C)(C)C)cc1OC. The second-order valence-corrected chi connectivity index (χ2v) is 5.67. The molecule has 6 nitrogen and oxygen atoms in total. The Morgan fingerprint density at radius 3 is 2.41 bits per heavy atom. The molecule has 0 aromatic heterocycles. The fourth-order valence-electron chi connectivity index (χ4n) is 1.74. The maximum absolute atomic E-state index is 12.0. The Labute approximate surface area is 130 Å². The molecule has 0 atom stereocenters. The molecule has 0 heterocycles. The topological polar surface area (TPSA) is 73.9 Å². The van der Waals surface area contributed by atoms with Crippen LogP contribution in [-0.4, -0.2) is 37.7 Å². The highest BCUT2D eigenvalue weighted by atomic mass is 16.5. The first-order valence-corrected chi connectivity index (χ1v) is 7.05. The molecule has 1 amide bonds. The molecular formula is C16H23NO5. The van der Waals surface area contributed by atoms with E-state index in [4.69, 9.17) is 14.2 Å². The van der Waals surface area contributed by atoms with Crippen molar-refractivity contribution in [2.75, 3.05) is 20.3 Å². The number of rotatable bonds is 6. The lowest BCUT2D eigenvalue weighted by Gasteiger charge is -2.20. The number of ether oxygens (including phenoxy) is 3. The molecule has 1 aromatic carbocycles. The van der Waals surface area contributed by atoms with E-state index in [0.717, 1.165) is 0 Å². The van der Waals surface area contributed by atoms with Crippen molar-refractivity contribution >= 4 is 11.9 Å². The van der Waals surface area contributed by atoms with Gasteiger partial charge in [0.05, 0.1) is 19.3 Å². The minimum atomic E-state index is -0.592. The first kappa shape index (κ1) is 17.8. The Bertz CT molecular complexity index is 534. The van der Waals surface area contributed by atoms with E-state index in [0.29, 0.717) is 23.7 Å². The van der Waals surface area contributed by atoms with Crippen molar-refractivity contribution in [1.29, 1.82) is 0 Å². The van der Waals surface area contributed by atoms with Gasteiger partial charge in [-0.2, -0.15) is 0 Å². The highest BCUT2D eigenvalue weighted by Gasteiger charge is 2.17. The van der Waals surface area contributed by atoms with Gasteiger partial charge in [0.1, 0.15) is 0 Å². The largest absolute Gasteiger partial charge is 0.493 e. The lowest BCUT2D eigenvalue weighted by molar-refractivity contribution is -0.125. The zero-order chi connectivity index (χ0) is 16.8. The maximum atomic E-state index is 12.0. The van der Waals surface area contributed by atoms with Crippen molar-refractivity contribution in [3.8, 4) is 11.5 Å². The maximum Gasteiger partial charge on any atom is 0.338 e. The second-order valence-electron chi connectivity index (χ2n) is 5.67. The van der Waals surface area contributed by atoms with E-state index in [-0.39, 0.29) is 18.1 Å². The van der Waals surface area contributed by atoms with Gasteiger partial charge in [-0.25, -0.2) is 4.79 Å². The van der Waals surface area contributed by atoms with Crippen LogP contribution >= 0.6 is 0 Å². The summed E-state index contributed by atoms with van der Waals surface area (Å²) in [6, 6.07) is 4.72. The molecule has 0 saturated carbocycles. The molecular weight excluding hydrogens is 286 g/mol. The van der Waals surface area contributed by atoms with Gasteiger partial charge in [0.25, 0.3) is 5.91 Å². The van der Waals surface area contributed by atoms with Crippen molar-refractivity contribution in [3.63, 3.8) is 0 Å². The third-order valence-electron chi connectivity index (χ3n) is 2.55. The second kappa shape index (κ2) is 7.68. The number of carbonyl (C=O) groups excluding carboxylic acids is 2. The molecule has 0 aliphatic carbocycles. The summed E-state index contributed by atoms with van der Waals surface area (Å²) < 4.78 is 15.5. The van der Waals surface area contributed by atoms with E-state index in [1.165, 1.54) is 13.2 Å². The number of hydrogen-bond donors (Lipinski definition) is 1. The summed E-state index contributed by atoms with van der Waals surface area (Å²) >= 11 is 0. The molecule has 0 unspecified atom stereocenters. The van der Waals surface area contributed by atoms with E-state index in [9.17, 15) is 9.59 Å². The molecule has 0 radical (unpaired) electrons. The number of carbonyl (C=O) groups is 2. The minimum Gasteiger partial charge on any atom is -0.493 e. The number of methoxy groups -OCH3 is 1. The van der Waals surface area contributed by atoms with Gasteiger partial charge in [0, 0.05) is 5.54 Å². The Kier molecular flexibility index (Phi) is 6.22. The van der Waals surface area contributed by atoms with Crippen LogP contribution in [0.5, 0.6) is 11.5 Å². The lowest BCUT2D eigenvalue weighted by atomic mass is 10.1. The predicted molar refractivity (Wildman–Crippen MR) is 82.3 cm³/mol. The van der Waals surface area contributed by atoms with Crippen LogP contribution < -0.4 is 14.8 Å². The Hall–Kier alpha value is -2.24. The van der Waals surface area contributed by atoms with Gasteiger partial charge < -0.3 is 19.5 Å². The van der Waals surface area contributed by atoms with E-state index in [1.54, 1.807) is 12.1 Å². The smallest absolute Gasteiger partial charge is 0.338 e. The normalized spacial score (nSPS) is 10.8. The molecule has 0 spiro atoms. The zero-order valence-electron chi connectivity index (χ0n) is 13.7. The molecule has 1 aromatic rings. The first-order chi connectivity index (χ1) is 10.3. The summed E-state index contributed by atoms with van der Waals surface area (Å²) in [6.45, 7) is 7.58. The minimum absolute atomic E-state index is 0.295. The Balaban J connectivity index is 2.68. The summed E-state index contributed by atoms with van der Waals surface area (Å²) in [6.07, 6.45) is 0. The number of hydrogen-bond acceptors (Lipinski definition) is 5. The zero-order valence-corrected chi connectivity index (χ0v) is 13.7. The highest BCUT2D eigenvalue weighted by Crippen LogP contribution is 2.28. The summed E-state index contributed by atoms with van der Waals surface area (Å²) in [5.41, 5.74) is -0.0740. The average Bonchev–Trinajstić information content (AvgIpc) is 2.43. The predicted octanol–water partition coefficient (Wildman–Crippen LogP) is 2.17. The standard InChI is InChI=1S/C16H23NO5/c1-6-21-12-8-7-11(9-13(12)20-5)15(19)22-10-14(18)17-16(2,3)4/h7-9H,6,10H2,1-5H3,(H,17,18). The molecule has 1 N–H and O–H groups in total. The van der Waals surface area contributed by atoms with Gasteiger partial charge in [-0.05, 0) is 45.9 Å². The van der Waals surface area contributed by atoms with E-state index < -0.39 is 5.97 Å². The summed E-state index contributed by atoms with van der Waals surface area (Å²) in [4.78, 5) is 23.6. The number of amides is 1. The van der Waals surface area contributed by atoms with Gasteiger partial charge in [0.2, 0.25) is 0 Å². The fraction of sp³-hybridized carbons (Fsp3) is 0.500. The van der Waals surface area contributed by atoms with Crippen molar-refractivity contribution in [2.24, 2.45) is 0 Å². The molecule has 0 bridgehead atoms. The van der Waals surface area contributed by atoms with Crippen LogP contribution in [-0.2, 0) is 9.53 Å². The van der Waals surface area contributed by atoms with Gasteiger partial charge in [-0.15, -0.1) is 0 Å². The molecule has 122 valence electrons. The summed E-state index contributed by atoms with van der Waals surface area (Å²) in [7, 11) is 1.49. The lowest BCUT2D eigenvalue weighted by Crippen LogP contribution is -2.42. The van der Waals surface area contributed by atoms with Crippen LogP contribution in [0.1, 0.15) is 38.1 Å². The quantitative estimate of drug-likeness (QED) is 0.815. The molecule has 22 heavy (non-hydrogen) atoms. The number of nitrogens with one attached hydrogen (secondary N) is 1. The fourth-order valence-corrected chi connectivity index (χ4v) is 1.74. The van der Waals surface area contributed by atoms with Crippen molar-refractivity contribution in [3.05, 3.63) is 23.8 Å². The Morgan fingerprint density at radius 1 is 1.18 bits per heavy atom. The van der Waals surface area contributed by atoms with Crippen LogP contribution in [0.2, 0.25) is 0 Å². The van der Waals surface area contributed by atoms with Crippen LogP contribution in [0.3, 0.4) is 0 Å². The third-order valence-corrected chi connectivity index (χ3v) is 2.55. The molecule has 0 saturated heterocycles. The number of benzene rings is 1. The van der Waals surface area contributed by atoms with Crippen LogP contribution in [0.15, 0.2) is 18.2 Å². The molecule has 1 rings (SSSR count). The van der Waals surface area contributed by atoms with Gasteiger partial charge >= 0.3 is 5.97 Å². The monoisotopic (exact) mass is 309 g/mol. The van der Waals surface area contributed by atoms with Crippen molar-refractivity contribution < 1.29 is 23.8 Å². The van der Waals surface area contributed by atoms with E-state index >= 15 is 0 Å². The van der Waals surface area contributed by atoms with E-state index in [2.05, 4.69) is 5.32 Å². The van der Waals surface area contributed by atoms with Gasteiger partial charge in [0.15, 0.2) is 18.1 Å². The molecule has 0 aliphatic rings. The van der Waals surface area contributed by atoms with Gasteiger partial charge in [-0.3, -0.25) is 4.79 Å². The van der Waals surface area contributed by atoms with Crippen LogP contribution in [0.4, 0.5) is 0 Å². The highest BCUT2D eigenvalue weighted by molar-refractivity contribution is 5.92. The number of esters is 1. The Morgan fingerprint density at radius 2 is 1.86 bits per heavy atom. The van der Waals surface area contributed by atoms with Crippen molar-refractivity contribution in [1.82, 2.24) is 5.32 Å². The molecule has 6 heteroatoms. The van der Waals surface area contributed by atoms with Crippen LogP contribution in [0.25, 0.3) is 0 Å². The summed E-state index contributed by atoms with van der Waals surface area (Å²) in [5, 5.41) is 2.71. The van der Waals surface area contributed by atoms with Gasteiger partial charge in [-0.1, -0.05) is 0 Å². The van der Waals surface area contributed by atoms with Crippen LogP contribution in [0, 0.1) is 0 Å². The van der Waals surface area contributed by atoms with E-state index in [1.807, 2.05) is 27.7 Å².